The maximum atomic E-state index is 6.40. The van der Waals surface area contributed by atoms with Gasteiger partial charge in [0.05, 0.1) is 0 Å². The lowest BCUT2D eigenvalue weighted by atomic mass is 10.0. The van der Waals surface area contributed by atoms with E-state index in [9.17, 15) is 0 Å². The van der Waals surface area contributed by atoms with E-state index < -0.39 is 8.56 Å². The summed E-state index contributed by atoms with van der Waals surface area (Å²) >= 11 is 0. The number of hydrogen-bond acceptors (Lipinski definition) is 2. The molecule has 0 amide bonds. The van der Waals surface area contributed by atoms with Crippen LogP contribution in [0.25, 0.3) is 0 Å². The molecule has 1 fully saturated rings. The molecule has 0 bridgehead atoms. The fourth-order valence-corrected chi connectivity index (χ4v) is 8.23. The molecule has 0 aromatic rings. The van der Waals surface area contributed by atoms with Crippen molar-refractivity contribution in [1.82, 2.24) is 0 Å². The topological polar surface area (TPSA) is 18.5 Å². The van der Waals surface area contributed by atoms with E-state index in [1.807, 2.05) is 0 Å². The van der Waals surface area contributed by atoms with Crippen LogP contribution in [0.2, 0.25) is 11.6 Å². The zero-order valence-electron chi connectivity index (χ0n) is 14.2. The van der Waals surface area contributed by atoms with E-state index in [1.165, 1.54) is 57.4 Å². The van der Waals surface area contributed by atoms with Gasteiger partial charge in [-0.05, 0) is 38.7 Å². The molecule has 2 nitrogen and oxygen atoms in total. The molecular weight excluding hydrogens is 264 g/mol. The first kappa shape index (κ1) is 18.2. The van der Waals surface area contributed by atoms with E-state index in [4.69, 9.17) is 8.85 Å². The average Bonchev–Trinajstić information content (AvgIpc) is 2.38. The van der Waals surface area contributed by atoms with Gasteiger partial charge in [0.25, 0.3) is 0 Å². The summed E-state index contributed by atoms with van der Waals surface area (Å²) in [4.78, 5) is 0. The summed E-state index contributed by atoms with van der Waals surface area (Å²) in [6.07, 6.45) is 10.9. The predicted molar refractivity (Wildman–Crippen MR) is 89.3 cm³/mol. The molecule has 1 atom stereocenters. The molecule has 1 rings (SSSR count). The van der Waals surface area contributed by atoms with Gasteiger partial charge in [-0.15, -0.1) is 0 Å². The highest BCUT2D eigenvalue weighted by Crippen LogP contribution is 2.40. The monoisotopic (exact) mass is 300 g/mol. The van der Waals surface area contributed by atoms with Crippen molar-refractivity contribution in [1.29, 1.82) is 0 Å². The molecule has 0 radical (unpaired) electrons. The van der Waals surface area contributed by atoms with E-state index in [2.05, 4.69) is 27.7 Å². The van der Waals surface area contributed by atoms with Crippen molar-refractivity contribution in [2.45, 2.75) is 90.6 Å². The second-order valence-corrected chi connectivity index (χ2v) is 9.86. The Morgan fingerprint density at radius 2 is 1.40 bits per heavy atom. The summed E-state index contributed by atoms with van der Waals surface area (Å²) in [5.74, 6) is 0.727. The standard InChI is InChI=1S/C17H36O2Si/c1-5-16(4)15-20(18-6-2,19-7-3)17-13-11-9-8-10-12-14-17/h16-17H,5-15H2,1-4H3. The van der Waals surface area contributed by atoms with Crippen molar-refractivity contribution in [3.63, 3.8) is 0 Å². The highest BCUT2D eigenvalue weighted by atomic mass is 28.4. The van der Waals surface area contributed by atoms with Crippen LogP contribution in [0.5, 0.6) is 0 Å². The van der Waals surface area contributed by atoms with E-state index in [1.54, 1.807) is 0 Å². The van der Waals surface area contributed by atoms with Crippen LogP contribution in [0.1, 0.15) is 79.1 Å². The van der Waals surface area contributed by atoms with Gasteiger partial charge >= 0.3 is 8.56 Å². The summed E-state index contributed by atoms with van der Waals surface area (Å²) in [7, 11) is -2.03. The van der Waals surface area contributed by atoms with Crippen molar-refractivity contribution >= 4 is 8.56 Å². The molecular formula is C17H36O2Si. The maximum Gasteiger partial charge on any atom is 0.341 e. The quantitative estimate of drug-likeness (QED) is 0.538. The molecule has 0 spiro atoms. The molecule has 0 heterocycles. The third-order valence-corrected chi connectivity index (χ3v) is 9.48. The maximum absolute atomic E-state index is 6.40. The van der Waals surface area contributed by atoms with Crippen LogP contribution >= 0.6 is 0 Å². The molecule has 0 saturated heterocycles. The minimum Gasteiger partial charge on any atom is -0.394 e. The molecule has 0 aromatic carbocycles. The molecule has 3 heteroatoms. The minimum absolute atomic E-state index is 0.719. The van der Waals surface area contributed by atoms with Crippen LogP contribution in [-0.4, -0.2) is 21.8 Å². The Kier molecular flexibility index (Phi) is 9.06. The Bertz CT molecular complexity index is 231. The average molecular weight is 301 g/mol. The summed E-state index contributed by atoms with van der Waals surface area (Å²) in [5, 5.41) is 0. The van der Waals surface area contributed by atoms with Crippen molar-refractivity contribution in [3.05, 3.63) is 0 Å². The first-order valence-corrected chi connectivity index (χ1v) is 11.1. The lowest BCUT2D eigenvalue weighted by molar-refractivity contribution is 0.161. The lowest BCUT2D eigenvalue weighted by Gasteiger charge is -2.39. The highest BCUT2D eigenvalue weighted by Gasteiger charge is 2.45. The van der Waals surface area contributed by atoms with E-state index in [0.717, 1.165) is 24.7 Å². The van der Waals surface area contributed by atoms with E-state index in [-0.39, 0.29) is 0 Å². The van der Waals surface area contributed by atoms with Gasteiger partial charge in [-0.25, -0.2) is 0 Å². The zero-order valence-corrected chi connectivity index (χ0v) is 15.2. The second kappa shape index (κ2) is 9.96. The Morgan fingerprint density at radius 1 is 0.900 bits per heavy atom. The molecule has 0 aliphatic heterocycles. The molecule has 1 saturated carbocycles. The predicted octanol–water partition coefficient (Wildman–Crippen LogP) is 5.66. The highest BCUT2D eigenvalue weighted by molar-refractivity contribution is 6.69. The molecule has 120 valence electrons. The summed E-state index contributed by atoms with van der Waals surface area (Å²) in [5.41, 5.74) is 0.719. The second-order valence-electron chi connectivity index (χ2n) is 6.44. The largest absolute Gasteiger partial charge is 0.394 e. The molecule has 20 heavy (non-hydrogen) atoms. The smallest absolute Gasteiger partial charge is 0.341 e. The van der Waals surface area contributed by atoms with Gasteiger partial charge in [-0.1, -0.05) is 52.4 Å². The van der Waals surface area contributed by atoms with Crippen LogP contribution < -0.4 is 0 Å². The number of hydrogen-bond donors (Lipinski definition) is 0. The minimum atomic E-state index is -2.03. The summed E-state index contributed by atoms with van der Waals surface area (Å²) < 4.78 is 12.8. The third-order valence-electron chi connectivity index (χ3n) is 4.83. The Morgan fingerprint density at radius 3 is 1.85 bits per heavy atom. The van der Waals surface area contributed by atoms with Crippen LogP contribution in [0, 0.1) is 5.92 Å². The molecule has 0 aromatic heterocycles. The van der Waals surface area contributed by atoms with Crippen LogP contribution in [0.15, 0.2) is 0 Å². The Balaban J connectivity index is 2.84. The van der Waals surface area contributed by atoms with Crippen LogP contribution in [0.3, 0.4) is 0 Å². The van der Waals surface area contributed by atoms with Gasteiger partial charge in [0, 0.05) is 18.8 Å². The van der Waals surface area contributed by atoms with Gasteiger partial charge in [0.15, 0.2) is 0 Å². The summed E-state index contributed by atoms with van der Waals surface area (Å²) in [6, 6.07) is 1.19. The van der Waals surface area contributed by atoms with E-state index >= 15 is 0 Å². The molecule has 1 aliphatic rings. The normalized spacial score (nSPS) is 20.4. The Labute approximate surface area is 127 Å². The molecule has 1 unspecified atom stereocenters. The third kappa shape index (κ3) is 5.49. The molecule has 0 N–H and O–H groups in total. The van der Waals surface area contributed by atoms with Crippen molar-refractivity contribution in [2.24, 2.45) is 5.92 Å². The fraction of sp³-hybridized carbons (Fsp3) is 1.00. The molecule has 1 aliphatic carbocycles. The number of rotatable bonds is 8. The van der Waals surface area contributed by atoms with Crippen molar-refractivity contribution in [3.8, 4) is 0 Å². The van der Waals surface area contributed by atoms with Gasteiger partial charge in [-0.3, -0.25) is 0 Å². The van der Waals surface area contributed by atoms with Crippen LogP contribution in [-0.2, 0) is 8.85 Å². The van der Waals surface area contributed by atoms with Crippen LogP contribution in [0.4, 0.5) is 0 Å². The zero-order chi connectivity index (χ0) is 14.8. The first-order chi connectivity index (χ1) is 9.68. The van der Waals surface area contributed by atoms with Gasteiger partial charge in [0.1, 0.15) is 0 Å². The fourth-order valence-electron chi connectivity index (χ4n) is 3.58. The summed E-state index contributed by atoms with van der Waals surface area (Å²) in [6.45, 7) is 10.6. The van der Waals surface area contributed by atoms with Gasteiger partial charge in [0.2, 0.25) is 0 Å². The van der Waals surface area contributed by atoms with Gasteiger partial charge in [-0.2, -0.15) is 0 Å². The van der Waals surface area contributed by atoms with Crippen molar-refractivity contribution in [2.75, 3.05) is 13.2 Å². The SMILES string of the molecule is CCO[Si](CC(C)CC)(OCC)C1CCCCCCC1. The van der Waals surface area contributed by atoms with Crippen molar-refractivity contribution < 1.29 is 8.85 Å². The lowest BCUT2D eigenvalue weighted by Crippen LogP contribution is -2.48. The van der Waals surface area contributed by atoms with Gasteiger partial charge < -0.3 is 8.85 Å². The first-order valence-electron chi connectivity index (χ1n) is 8.96. The Hall–Kier alpha value is 0.137. The van der Waals surface area contributed by atoms with E-state index in [0.29, 0.717) is 0 Å².